The molecule has 0 amide bonds. The van der Waals surface area contributed by atoms with Gasteiger partial charge >= 0.3 is 0 Å². The van der Waals surface area contributed by atoms with E-state index < -0.39 is 16.1 Å². The second kappa shape index (κ2) is 19.6. The van der Waals surface area contributed by atoms with Crippen molar-refractivity contribution in [2.24, 2.45) is 0 Å². The van der Waals surface area contributed by atoms with Gasteiger partial charge in [-0.15, -0.1) is 0 Å². The maximum absolute atomic E-state index is 6.54. The van der Waals surface area contributed by atoms with Crippen LogP contribution in [-0.4, -0.2) is 25.3 Å². The number of para-hydroxylation sites is 4. The summed E-state index contributed by atoms with van der Waals surface area (Å²) in [7, 11) is -6.68. The number of fused-ring (bicyclic) bond motifs is 14. The van der Waals surface area contributed by atoms with Crippen LogP contribution in [0.2, 0.25) is 0 Å². The third-order valence-corrected chi connectivity index (χ3v) is 30.0. The molecule has 0 fully saturated rings. The maximum Gasteiger partial charge on any atom is 0.179 e. The lowest BCUT2D eigenvalue weighted by Gasteiger charge is -2.49. The Morgan fingerprint density at radius 3 is 0.900 bits per heavy atom. The lowest BCUT2D eigenvalue weighted by atomic mass is 9.95. The fourth-order valence-corrected chi connectivity index (χ4v) is 28.4. The molecular formula is C84H54N2O2Si2. The Labute approximate surface area is 521 Å². The zero-order chi connectivity index (χ0) is 59.1. The number of furan rings is 2. The van der Waals surface area contributed by atoms with Gasteiger partial charge in [0.05, 0.1) is 22.1 Å². The molecule has 90 heavy (non-hydrogen) atoms. The number of hydrogen-bond acceptors (Lipinski definition) is 2. The van der Waals surface area contributed by atoms with E-state index in [0.717, 1.165) is 88.4 Å². The Morgan fingerprint density at radius 1 is 0.211 bits per heavy atom. The molecule has 5 heterocycles. The minimum Gasteiger partial charge on any atom is -0.456 e. The van der Waals surface area contributed by atoms with Crippen LogP contribution in [0.25, 0.3) is 121 Å². The highest BCUT2D eigenvalue weighted by atomic mass is 28.3. The van der Waals surface area contributed by atoms with Crippen molar-refractivity contribution in [2.45, 2.75) is 0 Å². The predicted octanol–water partition coefficient (Wildman–Crippen LogP) is 16.1. The summed E-state index contributed by atoms with van der Waals surface area (Å²) in [5.74, 6) is 0. The first kappa shape index (κ1) is 50.8. The Kier molecular flexibility index (Phi) is 11.1. The number of rotatable bonds is 8. The summed E-state index contributed by atoms with van der Waals surface area (Å²) in [5, 5.41) is 20.4. The van der Waals surface area contributed by atoms with E-state index in [1.54, 1.807) is 0 Å². The van der Waals surface area contributed by atoms with Crippen LogP contribution in [-0.2, 0) is 0 Å². The van der Waals surface area contributed by atoms with Gasteiger partial charge in [-0.05, 0) is 137 Å². The van der Waals surface area contributed by atoms with Crippen LogP contribution in [0.5, 0.6) is 0 Å². The molecule has 6 heteroatoms. The molecule has 0 unspecified atom stereocenters. The van der Waals surface area contributed by atoms with Crippen molar-refractivity contribution in [1.82, 2.24) is 9.13 Å². The summed E-state index contributed by atoms with van der Waals surface area (Å²) in [6.07, 6.45) is 0. The molecule has 18 aromatic rings. The highest BCUT2D eigenvalue weighted by molar-refractivity contribution is 7.33. The second-order valence-electron chi connectivity index (χ2n) is 24.1. The van der Waals surface area contributed by atoms with Gasteiger partial charge in [0.25, 0.3) is 0 Å². The lowest BCUT2D eigenvalue weighted by Crippen LogP contribution is -2.93. The SMILES string of the molecule is c1ccc([Si]2(c3ccccc3)c3ccc(-n4c5ccccc5c5c(-c6cccc7oc8ccccc8c67)cccc54)cc3[Si](c3ccccc3)(c3ccccc3)c3ccc(-n4c5ccccc5c5c(-c6cccc7oc8ccccc8c67)cccc54)cc32)cc1. The van der Waals surface area contributed by atoms with Gasteiger partial charge in [0.15, 0.2) is 16.1 Å². The molecule has 1 aliphatic heterocycles. The largest absolute Gasteiger partial charge is 0.456 e. The van der Waals surface area contributed by atoms with Crippen LogP contribution in [0.1, 0.15) is 0 Å². The average Bonchev–Trinajstić information content (AvgIpc) is 0.856. The minimum absolute atomic E-state index is 0.890. The Bertz CT molecular complexity index is 5480. The Morgan fingerprint density at radius 2 is 0.511 bits per heavy atom. The molecule has 0 bridgehead atoms. The molecule has 0 aliphatic carbocycles. The Balaban J connectivity index is 0.926. The van der Waals surface area contributed by atoms with E-state index >= 15 is 0 Å². The highest BCUT2D eigenvalue weighted by Crippen LogP contribution is 2.45. The molecule has 1 aliphatic rings. The van der Waals surface area contributed by atoms with Gasteiger partial charge in [-0.2, -0.15) is 0 Å². The minimum atomic E-state index is -3.34. The van der Waals surface area contributed by atoms with Crippen LogP contribution < -0.4 is 41.5 Å². The normalized spacial score (nSPS) is 13.5. The van der Waals surface area contributed by atoms with E-state index in [9.17, 15) is 0 Å². The van der Waals surface area contributed by atoms with Gasteiger partial charge < -0.3 is 18.0 Å². The first-order valence-electron chi connectivity index (χ1n) is 31.1. The van der Waals surface area contributed by atoms with Crippen molar-refractivity contribution in [3.8, 4) is 33.6 Å². The number of benzene rings is 14. The third-order valence-electron chi connectivity index (χ3n) is 19.7. The second-order valence-corrected chi connectivity index (χ2v) is 31.5. The first-order chi connectivity index (χ1) is 44.7. The monoisotopic (exact) mass is 1180 g/mol. The number of aromatic nitrogens is 2. The van der Waals surface area contributed by atoms with Crippen LogP contribution in [0.3, 0.4) is 0 Å². The van der Waals surface area contributed by atoms with Gasteiger partial charge in [0.1, 0.15) is 22.3 Å². The summed E-state index contributed by atoms with van der Waals surface area (Å²) in [5.41, 5.74) is 15.2. The van der Waals surface area contributed by atoms with Gasteiger partial charge in [-0.25, -0.2) is 0 Å². The van der Waals surface area contributed by atoms with E-state index in [0.29, 0.717) is 0 Å². The summed E-state index contributed by atoms with van der Waals surface area (Å²) < 4.78 is 18.2. The molecule has 4 nitrogen and oxygen atoms in total. The standard InChI is InChI=1S/C84H54N2O2Si2/c1-5-25-57(26-6-1)89(58-27-7-2-8-28-58)77-51-49-56(86-70-42-18-14-34-66(70)82-62(38-22-44-72(82)86)64-40-24-48-76-84(64)68-36-16-20-46-74(68)88-76)54-80(77)90(59-29-9-3-10-30-59,60-31-11-4-12-32-60)78-52-50-55(53-79(78)89)85-69-41-17-13-33-65(69)81-61(37-21-43-71(81)85)63-39-23-47-75-83(63)67-35-15-19-45-73(67)87-75/h1-54H. The van der Waals surface area contributed by atoms with Gasteiger partial charge in [0, 0.05) is 54.5 Å². The maximum atomic E-state index is 6.54. The van der Waals surface area contributed by atoms with Crippen molar-refractivity contribution < 1.29 is 8.83 Å². The summed E-state index contributed by atoms with van der Waals surface area (Å²) in [6.45, 7) is 0. The molecular weight excluding hydrogens is 1130 g/mol. The van der Waals surface area contributed by atoms with Gasteiger partial charge in [0.2, 0.25) is 0 Å². The van der Waals surface area contributed by atoms with E-state index in [4.69, 9.17) is 8.83 Å². The van der Waals surface area contributed by atoms with E-state index in [-0.39, 0.29) is 0 Å². The zero-order valence-corrected chi connectivity index (χ0v) is 50.9. The van der Waals surface area contributed by atoms with Crippen LogP contribution in [0, 0.1) is 0 Å². The zero-order valence-electron chi connectivity index (χ0n) is 48.9. The molecule has 19 rings (SSSR count). The van der Waals surface area contributed by atoms with Crippen molar-refractivity contribution >= 4 is 145 Å². The Hall–Kier alpha value is -11.3. The summed E-state index contributed by atoms with van der Waals surface area (Å²) in [4.78, 5) is 0. The van der Waals surface area contributed by atoms with Crippen LogP contribution >= 0.6 is 0 Å². The first-order valence-corrected chi connectivity index (χ1v) is 35.1. The van der Waals surface area contributed by atoms with Crippen LogP contribution in [0.15, 0.2) is 336 Å². The summed E-state index contributed by atoms with van der Waals surface area (Å²) in [6, 6.07) is 123. The van der Waals surface area contributed by atoms with E-state index in [2.05, 4.69) is 337 Å². The van der Waals surface area contributed by atoms with E-state index in [1.807, 2.05) is 0 Å². The molecule has 0 atom stereocenters. The quantitative estimate of drug-likeness (QED) is 0.142. The molecule has 14 aromatic carbocycles. The fourth-order valence-electron chi connectivity index (χ4n) is 16.3. The molecule has 4 aromatic heterocycles. The summed E-state index contributed by atoms with van der Waals surface area (Å²) >= 11 is 0. The van der Waals surface area contributed by atoms with Crippen molar-refractivity contribution in [1.29, 1.82) is 0 Å². The van der Waals surface area contributed by atoms with Gasteiger partial charge in [-0.3, -0.25) is 0 Å². The smallest absolute Gasteiger partial charge is 0.179 e. The molecule has 0 saturated carbocycles. The molecule has 0 saturated heterocycles. The molecule has 0 radical (unpaired) electrons. The molecule has 420 valence electrons. The molecule has 0 spiro atoms. The average molecular weight is 1180 g/mol. The molecule has 0 N–H and O–H groups in total. The van der Waals surface area contributed by atoms with E-state index in [1.165, 1.54) is 74.2 Å². The lowest BCUT2D eigenvalue weighted by molar-refractivity contribution is 0.668. The number of hydrogen-bond donors (Lipinski definition) is 0. The van der Waals surface area contributed by atoms with Crippen molar-refractivity contribution in [3.63, 3.8) is 0 Å². The van der Waals surface area contributed by atoms with Crippen molar-refractivity contribution in [2.75, 3.05) is 0 Å². The highest BCUT2D eigenvalue weighted by Gasteiger charge is 2.57. The van der Waals surface area contributed by atoms with Crippen LogP contribution in [0.4, 0.5) is 0 Å². The predicted molar refractivity (Wildman–Crippen MR) is 381 cm³/mol. The topological polar surface area (TPSA) is 36.1 Å². The fraction of sp³-hybridized carbons (Fsp3) is 0. The third kappa shape index (κ3) is 7.00. The van der Waals surface area contributed by atoms with Crippen molar-refractivity contribution in [3.05, 3.63) is 328 Å². The van der Waals surface area contributed by atoms with Gasteiger partial charge in [-0.1, -0.05) is 255 Å². The number of nitrogens with zero attached hydrogens (tertiary/aromatic N) is 2.